The van der Waals surface area contributed by atoms with Gasteiger partial charge in [-0.2, -0.15) is 4.98 Å². The number of halogens is 2. The number of benzene rings is 1. The molecule has 0 spiro atoms. The van der Waals surface area contributed by atoms with Crippen LogP contribution in [0.25, 0.3) is 0 Å². The summed E-state index contributed by atoms with van der Waals surface area (Å²) in [4.78, 5) is 9.90. The van der Waals surface area contributed by atoms with E-state index in [0.29, 0.717) is 10.8 Å². The Morgan fingerprint density at radius 2 is 1.67 bits per heavy atom. The molecule has 3 nitrogen and oxygen atoms in total. The second kappa shape index (κ2) is 5.12. The van der Waals surface area contributed by atoms with Crippen molar-refractivity contribution in [3.63, 3.8) is 0 Å². The van der Waals surface area contributed by atoms with Crippen molar-refractivity contribution in [3.8, 4) is 0 Å². The topological polar surface area (TPSA) is 29.0 Å². The molecule has 0 radical (unpaired) electrons. The zero-order valence-electron chi connectivity index (χ0n) is 10.4. The number of nitrogens with zero attached hydrogens (tertiary/aromatic N) is 3. The average molecular weight is 282 g/mol. The molecule has 0 saturated heterocycles. The summed E-state index contributed by atoms with van der Waals surface area (Å²) < 4.78 is 0. The predicted octanol–water partition coefficient (Wildman–Crippen LogP) is 4.17. The molecule has 0 aliphatic heterocycles. The third kappa shape index (κ3) is 2.74. The fourth-order valence-electron chi connectivity index (χ4n) is 1.84. The molecule has 1 aromatic carbocycles. The van der Waals surface area contributed by atoms with Gasteiger partial charge in [-0.15, -0.1) is 0 Å². The second-order valence-electron chi connectivity index (χ2n) is 4.22. The van der Waals surface area contributed by atoms with Crippen LogP contribution in [0.4, 0.5) is 11.5 Å². The number of hydrogen-bond donors (Lipinski definition) is 0. The Kier molecular flexibility index (Phi) is 3.73. The van der Waals surface area contributed by atoms with Crippen molar-refractivity contribution in [1.82, 2.24) is 9.97 Å². The van der Waals surface area contributed by atoms with Crippen molar-refractivity contribution < 1.29 is 0 Å². The van der Waals surface area contributed by atoms with E-state index in [0.717, 1.165) is 5.69 Å². The fourth-order valence-corrected chi connectivity index (χ4v) is 2.19. The Morgan fingerprint density at radius 3 is 2.28 bits per heavy atom. The van der Waals surface area contributed by atoms with Crippen molar-refractivity contribution in [3.05, 3.63) is 45.8 Å². The molecule has 18 heavy (non-hydrogen) atoms. The molecular weight excluding hydrogens is 269 g/mol. The molecule has 0 amide bonds. The molecule has 0 aliphatic carbocycles. The quantitative estimate of drug-likeness (QED) is 0.774. The molecule has 0 saturated carbocycles. The first-order valence-electron chi connectivity index (χ1n) is 5.47. The predicted molar refractivity (Wildman–Crippen MR) is 76.0 cm³/mol. The SMILES string of the molecule is Cc1cc(C)cc(N(C)c2nc(Cl)ncc2Cl)c1. The van der Waals surface area contributed by atoms with Gasteiger partial charge in [0.1, 0.15) is 5.02 Å². The molecule has 2 aromatic rings. The number of aryl methyl sites for hydroxylation is 2. The van der Waals surface area contributed by atoms with Gasteiger partial charge in [0.15, 0.2) is 5.82 Å². The van der Waals surface area contributed by atoms with E-state index < -0.39 is 0 Å². The summed E-state index contributed by atoms with van der Waals surface area (Å²) in [5.74, 6) is 0.599. The summed E-state index contributed by atoms with van der Waals surface area (Å²) in [7, 11) is 1.90. The van der Waals surface area contributed by atoms with Crippen LogP contribution in [0.1, 0.15) is 11.1 Å². The lowest BCUT2D eigenvalue weighted by Gasteiger charge is -2.20. The summed E-state index contributed by atoms with van der Waals surface area (Å²) in [6.07, 6.45) is 1.51. The standard InChI is InChI=1S/C13H13Cl2N3/c1-8-4-9(2)6-10(5-8)18(3)12-11(14)7-16-13(15)17-12/h4-7H,1-3H3. The largest absolute Gasteiger partial charge is 0.328 e. The van der Waals surface area contributed by atoms with Gasteiger partial charge in [0.05, 0.1) is 6.20 Å². The van der Waals surface area contributed by atoms with Gasteiger partial charge in [0.25, 0.3) is 0 Å². The Bertz CT molecular complexity index is 564. The van der Waals surface area contributed by atoms with Gasteiger partial charge < -0.3 is 4.90 Å². The molecule has 0 N–H and O–H groups in total. The third-order valence-electron chi connectivity index (χ3n) is 2.61. The van der Waals surface area contributed by atoms with Crippen LogP contribution < -0.4 is 4.90 Å². The molecule has 0 unspecified atom stereocenters. The van der Waals surface area contributed by atoms with Crippen LogP contribution in [0.2, 0.25) is 10.3 Å². The van der Waals surface area contributed by atoms with E-state index >= 15 is 0 Å². The van der Waals surface area contributed by atoms with Gasteiger partial charge in [-0.25, -0.2) is 4.98 Å². The van der Waals surface area contributed by atoms with Gasteiger partial charge in [0.2, 0.25) is 5.28 Å². The van der Waals surface area contributed by atoms with Gasteiger partial charge in [-0.05, 0) is 48.7 Å². The Hall–Kier alpha value is -1.32. The van der Waals surface area contributed by atoms with E-state index in [1.54, 1.807) is 0 Å². The molecule has 1 aromatic heterocycles. The Morgan fingerprint density at radius 1 is 1.06 bits per heavy atom. The minimum absolute atomic E-state index is 0.186. The molecule has 5 heteroatoms. The van der Waals surface area contributed by atoms with Gasteiger partial charge in [0, 0.05) is 12.7 Å². The first-order chi connectivity index (χ1) is 8.47. The van der Waals surface area contributed by atoms with E-state index in [-0.39, 0.29) is 5.28 Å². The second-order valence-corrected chi connectivity index (χ2v) is 4.96. The van der Waals surface area contributed by atoms with E-state index in [1.165, 1.54) is 17.3 Å². The number of hydrogen-bond acceptors (Lipinski definition) is 3. The van der Waals surface area contributed by atoms with Crippen LogP contribution in [0.3, 0.4) is 0 Å². The van der Waals surface area contributed by atoms with Crippen LogP contribution in [-0.4, -0.2) is 17.0 Å². The highest BCUT2D eigenvalue weighted by Crippen LogP contribution is 2.29. The maximum atomic E-state index is 6.10. The zero-order valence-corrected chi connectivity index (χ0v) is 11.9. The van der Waals surface area contributed by atoms with Gasteiger partial charge in [-0.1, -0.05) is 17.7 Å². The fraction of sp³-hybridized carbons (Fsp3) is 0.231. The lowest BCUT2D eigenvalue weighted by Crippen LogP contribution is -2.12. The summed E-state index contributed by atoms with van der Waals surface area (Å²) in [5, 5.41) is 0.659. The van der Waals surface area contributed by atoms with Crippen molar-refractivity contribution in [2.45, 2.75) is 13.8 Å². The lowest BCUT2D eigenvalue weighted by molar-refractivity contribution is 1.08. The summed E-state index contributed by atoms with van der Waals surface area (Å²) in [6.45, 7) is 4.11. The summed E-state index contributed by atoms with van der Waals surface area (Å²) in [6, 6.07) is 6.25. The highest BCUT2D eigenvalue weighted by molar-refractivity contribution is 6.33. The van der Waals surface area contributed by atoms with Crippen LogP contribution in [0, 0.1) is 13.8 Å². The van der Waals surface area contributed by atoms with Crippen LogP contribution in [0.15, 0.2) is 24.4 Å². The molecule has 94 valence electrons. The molecule has 2 rings (SSSR count). The van der Waals surface area contributed by atoms with Crippen molar-refractivity contribution in [2.24, 2.45) is 0 Å². The number of rotatable bonds is 2. The molecule has 0 bridgehead atoms. The van der Waals surface area contributed by atoms with E-state index in [2.05, 4.69) is 42.0 Å². The highest BCUT2D eigenvalue weighted by Gasteiger charge is 2.12. The molecule has 0 aliphatic rings. The Balaban J connectivity index is 2.47. The number of aromatic nitrogens is 2. The number of anilines is 2. The van der Waals surface area contributed by atoms with Crippen molar-refractivity contribution in [2.75, 3.05) is 11.9 Å². The average Bonchev–Trinajstić information content (AvgIpc) is 2.30. The van der Waals surface area contributed by atoms with Crippen LogP contribution in [-0.2, 0) is 0 Å². The minimum atomic E-state index is 0.186. The monoisotopic (exact) mass is 281 g/mol. The smallest absolute Gasteiger partial charge is 0.224 e. The normalized spacial score (nSPS) is 10.5. The Labute approximate surface area is 116 Å². The zero-order chi connectivity index (χ0) is 13.3. The molecule has 0 atom stereocenters. The summed E-state index contributed by atoms with van der Waals surface area (Å²) in [5.41, 5.74) is 3.39. The van der Waals surface area contributed by atoms with E-state index in [4.69, 9.17) is 23.2 Å². The maximum Gasteiger partial charge on any atom is 0.224 e. The molecule has 1 heterocycles. The van der Waals surface area contributed by atoms with Crippen LogP contribution >= 0.6 is 23.2 Å². The van der Waals surface area contributed by atoms with E-state index in [1.807, 2.05) is 11.9 Å². The van der Waals surface area contributed by atoms with Crippen molar-refractivity contribution in [1.29, 1.82) is 0 Å². The highest BCUT2D eigenvalue weighted by atomic mass is 35.5. The van der Waals surface area contributed by atoms with Crippen LogP contribution in [0.5, 0.6) is 0 Å². The first kappa shape index (κ1) is 13.1. The lowest BCUT2D eigenvalue weighted by atomic mass is 10.1. The van der Waals surface area contributed by atoms with Gasteiger partial charge >= 0.3 is 0 Å². The molecular formula is C13H13Cl2N3. The van der Waals surface area contributed by atoms with Crippen molar-refractivity contribution >= 4 is 34.7 Å². The third-order valence-corrected chi connectivity index (χ3v) is 3.06. The summed E-state index contributed by atoms with van der Waals surface area (Å²) >= 11 is 11.9. The molecule has 0 fully saturated rings. The van der Waals surface area contributed by atoms with Gasteiger partial charge in [-0.3, -0.25) is 0 Å². The first-order valence-corrected chi connectivity index (χ1v) is 6.23. The minimum Gasteiger partial charge on any atom is -0.328 e. The maximum absolute atomic E-state index is 6.10. The van der Waals surface area contributed by atoms with E-state index in [9.17, 15) is 0 Å².